The van der Waals surface area contributed by atoms with Gasteiger partial charge in [0.1, 0.15) is 23.1 Å². The molecular weight excluding hydrogens is 642 g/mol. The molecule has 264 valence electrons. The molecule has 4 aliphatic heterocycles. The zero-order valence-electron chi connectivity index (χ0n) is 29.3. The first-order valence-electron chi connectivity index (χ1n) is 16.9. The molecule has 7 rings (SSSR count). The Labute approximate surface area is 291 Å². The first kappa shape index (κ1) is 33.6. The van der Waals surface area contributed by atoms with Gasteiger partial charge in [0.25, 0.3) is 0 Å². The summed E-state index contributed by atoms with van der Waals surface area (Å²) in [5, 5.41) is 0. The Morgan fingerprint density at radius 2 is 1.34 bits per heavy atom. The number of carbonyl (C=O) groups is 2. The molecule has 2 atom stereocenters. The number of nitrogens with zero attached hydrogens (tertiary/aromatic N) is 4. The van der Waals surface area contributed by atoms with Crippen LogP contribution in [0.15, 0.2) is 53.8 Å². The SMILES string of the molecule is CC(C)(C)OC(=O)N1CCOC[C@H]1C1=NC=C(c2ccc3c(c2)Oc2ccc(-c4cnc([C@@H]5COCCN5C(=O)OC(C)(C)C)[nH]4)cc2O3)C1. The number of carbonyl (C=O) groups excluding carboxylic acids is 2. The van der Waals surface area contributed by atoms with Gasteiger partial charge < -0.3 is 33.4 Å². The third-order valence-corrected chi connectivity index (χ3v) is 8.58. The van der Waals surface area contributed by atoms with E-state index in [0.29, 0.717) is 74.8 Å². The van der Waals surface area contributed by atoms with E-state index in [9.17, 15) is 9.59 Å². The second-order valence-electron chi connectivity index (χ2n) is 14.7. The highest BCUT2D eigenvalue weighted by atomic mass is 16.6. The Kier molecular flexibility index (Phi) is 8.81. The maximum atomic E-state index is 13.0. The highest BCUT2D eigenvalue weighted by Crippen LogP contribution is 2.47. The predicted molar refractivity (Wildman–Crippen MR) is 185 cm³/mol. The Balaban J connectivity index is 1.02. The summed E-state index contributed by atoms with van der Waals surface area (Å²) in [7, 11) is 0. The zero-order chi connectivity index (χ0) is 35.2. The number of allylic oxidation sites excluding steroid dienone is 1. The lowest BCUT2D eigenvalue weighted by Crippen LogP contribution is -2.53. The molecule has 0 saturated carbocycles. The van der Waals surface area contributed by atoms with E-state index in [4.69, 9.17) is 33.4 Å². The number of imidazole rings is 1. The second kappa shape index (κ2) is 13.1. The average Bonchev–Trinajstić information content (AvgIpc) is 3.77. The first-order valence-corrected chi connectivity index (χ1v) is 16.9. The van der Waals surface area contributed by atoms with Gasteiger partial charge >= 0.3 is 12.2 Å². The topological polar surface area (TPSA) is 137 Å². The number of aromatic nitrogens is 2. The molecule has 4 aliphatic rings. The quantitative estimate of drug-likeness (QED) is 0.238. The van der Waals surface area contributed by atoms with Crippen molar-refractivity contribution < 1.29 is 38.0 Å². The number of rotatable bonds is 4. The smallest absolute Gasteiger partial charge is 0.411 e. The van der Waals surface area contributed by atoms with Crippen LogP contribution in [-0.4, -0.2) is 94.4 Å². The molecule has 3 aromatic rings. The average molecular weight is 686 g/mol. The number of hydrogen-bond acceptors (Lipinski definition) is 10. The largest absolute Gasteiger partial charge is 0.449 e. The summed E-state index contributed by atoms with van der Waals surface area (Å²) in [6, 6.07) is 10.8. The molecule has 0 aliphatic carbocycles. The summed E-state index contributed by atoms with van der Waals surface area (Å²) in [6.07, 6.45) is 3.39. The lowest BCUT2D eigenvalue weighted by molar-refractivity contribution is -0.0349. The maximum absolute atomic E-state index is 13.0. The van der Waals surface area contributed by atoms with E-state index < -0.39 is 23.3 Å². The van der Waals surface area contributed by atoms with Crippen LogP contribution in [0.4, 0.5) is 9.59 Å². The lowest BCUT2D eigenvalue weighted by Gasteiger charge is -2.36. The van der Waals surface area contributed by atoms with Gasteiger partial charge in [-0.25, -0.2) is 14.6 Å². The molecule has 0 spiro atoms. The standard InChI is InChI=1S/C37H43N5O8/c1-36(2,3)49-34(43)41-11-13-45-20-27(41)25-15-24(18-38-25)22-7-9-29-31(16-22)47-30-10-8-23(17-32(30)48-29)26-19-39-33(40-26)28-21-46-14-12-42(28)35(44)50-37(4,5)6/h7-10,16-19,27-28H,11-15,20-21H2,1-6H3,(H,39,40)/t27-,28-/m0/s1. The van der Waals surface area contributed by atoms with Gasteiger partial charge in [-0.2, -0.15) is 0 Å². The van der Waals surface area contributed by atoms with E-state index in [1.807, 2.05) is 84.1 Å². The van der Waals surface area contributed by atoms with Crippen LogP contribution in [0.2, 0.25) is 0 Å². The number of ether oxygens (including phenoxy) is 6. The van der Waals surface area contributed by atoms with Crippen molar-refractivity contribution in [1.29, 1.82) is 0 Å². The van der Waals surface area contributed by atoms with Crippen LogP contribution in [-0.2, 0) is 18.9 Å². The molecule has 2 saturated heterocycles. The van der Waals surface area contributed by atoms with E-state index in [1.165, 1.54) is 0 Å². The number of fused-ring (bicyclic) bond motifs is 2. The number of hydrogen-bond donors (Lipinski definition) is 1. The van der Waals surface area contributed by atoms with Crippen molar-refractivity contribution in [2.24, 2.45) is 4.99 Å². The molecule has 1 N–H and O–H groups in total. The molecule has 5 heterocycles. The van der Waals surface area contributed by atoms with Crippen LogP contribution >= 0.6 is 0 Å². The van der Waals surface area contributed by atoms with Crippen molar-refractivity contribution in [3.05, 3.63) is 60.2 Å². The van der Waals surface area contributed by atoms with Gasteiger partial charge in [-0.3, -0.25) is 14.8 Å². The molecule has 13 heteroatoms. The molecule has 0 bridgehead atoms. The number of amides is 2. The number of aliphatic imine (C=N–C) groups is 1. The summed E-state index contributed by atoms with van der Waals surface area (Å²) in [5.41, 5.74) is 3.22. The van der Waals surface area contributed by atoms with Crippen molar-refractivity contribution >= 4 is 23.5 Å². The van der Waals surface area contributed by atoms with Gasteiger partial charge in [0.05, 0.1) is 44.4 Å². The minimum Gasteiger partial charge on any atom is -0.449 e. The molecular formula is C37H43N5O8. The number of aromatic amines is 1. The van der Waals surface area contributed by atoms with E-state index in [0.717, 1.165) is 28.1 Å². The summed E-state index contributed by atoms with van der Waals surface area (Å²) in [5.74, 6) is 2.95. The maximum Gasteiger partial charge on any atom is 0.411 e. The van der Waals surface area contributed by atoms with E-state index in [2.05, 4.69) is 9.97 Å². The predicted octanol–water partition coefficient (Wildman–Crippen LogP) is 7.10. The normalized spacial score (nSPS) is 20.5. The van der Waals surface area contributed by atoms with Crippen molar-refractivity contribution in [2.75, 3.05) is 39.5 Å². The van der Waals surface area contributed by atoms with Crippen LogP contribution in [0.25, 0.3) is 16.8 Å². The molecule has 2 amide bonds. The fourth-order valence-electron chi connectivity index (χ4n) is 6.22. The van der Waals surface area contributed by atoms with Gasteiger partial charge in [-0.1, -0.05) is 6.07 Å². The first-order chi connectivity index (χ1) is 23.8. The summed E-state index contributed by atoms with van der Waals surface area (Å²) in [4.78, 5) is 41.9. The zero-order valence-corrected chi connectivity index (χ0v) is 29.3. The fraction of sp³-hybridized carbons (Fsp3) is 0.459. The lowest BCUT2D eigenvalue weighted by atomic mass is 9.98. The number of nitrogens with one attached hydrogen (secondary N) is 1. The van der Waals surface area contributed by atoms with Gasteiger partial charge in [-0.05, 0) is 83.0 Å². The van der Waals surface area contributed by atoms with Crippen LogP contribution in [0, 0.1) is 0 Å². The highest BCUT2D eigenvalue weighted by molar-refractivity contribution is 6.03. The molecule has 1 aromatic heterocycles. The Bertz CT molecular complexity index is 1850. The molecule has 2 fully saturated rings. The van der Waals surface area contributed by atoms with E-state index in [-0.39, 0.29) is 12.1 Å². The van der Waals surface area contributed by atoms with Crippen molar-refractivity contribution in [1.82, 2.24) is 19.8 Å². The molecule has 2 aromatic carbocycles. The summed E-state index contributed by atoms with van der Waals surface area (Å²) < 4.78 is 35.3. The Morgan fingerprint density at radius 1 is 0.780 bits per heavy atom. The Hall–Kier alpha value is -4.88. The third kappa shape index (κ3) is 7.19. The van der Waals surface area contributed by atoms with Crippen molar-refractivity contribution in [3.63, 3.8) is 0 Å². The Morgan fingerprint density at radius 3 is 1.96 bits per heavy atom. The number of benzene rings is 2. The van der Waals surface area contributed by atoms with Gasteiger partial charge in [0.15, 0.2) is 23.0 Å². The summed E-state index contributed by atoms with van der Waals surface area (Å²) in [6.45, 7) is 13.6. The minimum atomic E-state index is -0.608. The van der Waals surface area contributed by atoms with Gasteiger partial charge in [0, 0.05) is 37.0 Å². The molecule has 50 heavy (non-hydrogen) atoms. The minimum absolute atomic E-state index is 0.295. The van der Waals surface area contributed by atoms with Crippen LogP contribution in [0.3, 0.4) is 0 Å². The fourth-order valence-corrected chi connectivity index (χ4v) is 6.22. The number of morpholine rings is 2. The molecule has 0 radical (unpaired) electrons. The second-order valence-corrected chi connectivity index (χ2v) is 14.7. The van der Waals surface area contributed by atoms with E-state index in [1.54, 1.807) is 16.0 Å². The van der Waals surface area contributed by atoms with E-state index >= 15 is 0 Å². The number of H-pyrrole nitrogens is 1. The summed E-state index contributed by atoms with van der Waals surface area (Å²) >= 11 is 0. The van der Waals surface area contributed by atoms with Crippen molar-refractivity contribution in [3.8, 4) is 34.3 Å². The highest BCUT2D eigenvalue weighted by Gasteiger charge is 2.36. The monoisotopic (exact) mass is 685 g/mol. The van der Waals surface area contributed by atoms with Crippen LogP contribution < -0.4 is 9.47 Å². The van der Waals surface area contributed by atoms with Gasteiger partial charge in [0.2, 0.25) is 0 Å². The van der Waals surface area contributed by atoms with Gasteiger partial charge in [-0.15, -0.1) is 0 Å². The molecule has 13 nitrogen and oxygen atoms in total. The van der Waals surface area contributed by atoms with Crippen molar-refractivity contribution in [2.45, 2.75) is 71.2 Å². The van der Waals surface area contributed by atoms with Crippen LogP contribution in [0.1, 0.15) is 65.4 Å². The third-order valence-electron chi connectivity index (χ3n) is 8.58. The van der Waals surface area contributed by atoms with Crippen LogP contribution in [0.5, 0.6) is 23.0 Å². The molecule has 0 unspecified atom stereocenters.